The van der Waals surface area contributed by atoms with Gasteiger partial charge in [0.1, 0.15) is 5.75 Å². The van der Waals surface area contributed by atoms with Crippen molar-refractivity contribution in [2.24, 2.45) is 5.92 Å². The maximum Gasteiger partial charge on any atom is 0.258 e. The van der Waals surface area contributed by atoms with Gasteiger partial charge in [-0.1, -0.05) is 20.8 Å². The first-order valence-electron chi connectivity index (χ1n) is 6.99. The molecule has 0 spiro atoms. The highest BCUT2D eigenvalue weighted by molar-refractivity contribution is 5.95. The van der Waals surface area contributed by atoms with Crippen molar-refractivity contribution in [3.05, 3.63) is 29.8 Å². The summed E-state index contributed by atoms with van der Waals surface area (Å²) >= 11 is 0. The molecule has 0 saturated carbocycles. The van der Waals surface area contributed by atoms with Crippen LogP contribution in [0.5, 0.6) is 5.75 Å². The van der Waals surface area contributed by atoms with Crippen LogP contribution in [0, 0.1) is 5.92 Å². The van der Waals surface area contributed by atoms with E-state index in [2.05, 4.69) is 19.2 Å². The molecule has 4 heteroatoms. The second kappa shape index (κ2) is 7.68. The van der Waals surface area contributed by atoms with E-state index in [0.717, 1.165) is 0 Å². The van der Waals surface area contributed by atoms with Gasteiger partial charge in [-0.25, -0.2) is 0 Å². The number of rotatable bonds is 7. The molecule has 0 heterocycles. The van der Waals surface area contributed by atoms with E-state index in [9.17, 15) is 9.59 Å². The lowest BCUT2D eigenvalue weighted by Crippen LogP contribution is -2.38. The molecule has 0 fully saturated rings. The quantitative estimate of drug-likeness (QED) is 0.780. The van der Waals surface area contributed by atoms with Crippen LogP contribution in [0.1, 0.15) is 44.5 Å². The van der Waals surface area contributed by atoms with Crippen molar-refractivity contribution in [2.45, 2.75) is 40.2 Å². The number of benzene rings is 1. The second-order valence-corrected chi connectivity index (χ2v) is 5.19. The van der Waals surface area contributed by atoms with Crippen molar-refractivity contribution in [2.75, 3.05) is 6.61 Å². The number of carbonyl (C=O) groups excluding carboxylic acids is 2. The van der Waals surface area contributed by atoms with Crippen molar-refractivity contribution in [1.82, 2.24) is 5.32 Å². The number of hydrogen-bond donors (Lipinski definition) is 1. The van der Waals surface area contributed by atoms with Gasteiger partial charge in [-0.05, 0) is 37.1 Å². The first-order valence-corrected chi connectivity index (χ1v) is 6.99. The van der Waals surface area contributed by atoms with Crippen molar-refractivity contribution in [1.29, 1.82) is 0 Å². The van der Waals surface area contributed by atoms with Crippen molar-refractivity contribution in [3.63, 3.8) is 0 Å². The smallest absolute Gasteiger partial charge is 0.258 e. The zero-order chi connectivity index (χ0) is 15.1. The van der Waals surface area contributed by atoms with Crippen LogP contribution in [-0.4, -0.2) is 24.3 Å². The Kier molecular flexibility index (Phi) is 6.22. The fourth-order valence-electron chi connectivity index (χ4n) is 1.55. The molecule has 1 aromatic rings. The molecule has 20 heavy (non-hydrogen) atoms. The average Bonchev–Trinajstić information content (AvgIpc) is 2.44. The molecule has 0 aliphatic rings. The summed E-state index contributed by atoms with van der Waals surface area (Å²) in [6, 6.07) is 6.98. The molecule has 0 aliphatic heterocycles. The van der Waals surface area contributed by atoms with Gasteiger partial charge in [0.05, 0.1) is 0 Å². The van der Waals surface area contributed by atoms with Crippen LogP contribution >= 0.6 is 0 Å². The van der Waals surface area contributed by atoms with Crippen LogP contribution in [0.25, 0.3) is 0 Å². The molecule has 4 nitrogen and oxygen atoms in total. The maximum atomic E-state index is 11.7. The molecule has 0 radical (unpaired) electrons. The SMILES string of the molecule is CCC(=O)c1ccc(OCC(=O)NC(C)C(C)C)cc1. The zero-order valence-electron chi connectivity index (χ0n) is 12.6. The normalized spacial score (nSPS) is 12.1. The summed E-state index contributed by atoms with van der Waals surface area (Å²) in [6.45, 7) is 7.88. The summed E-state index contributed by atoms with van der Waals surface area (Å²) in [5.74, 6) is 0.934. The topological polar surface area (TPSA) is 55.4 Å². The number of hydrogen-bond acceptors (Lipinski definition) is 3. The third-order valence-corrected chi connectivity index (χ3v) is 3.26. The summed E-state index contributed by atoms with van der Waals surface area (Å²) in [6.07, 6.45) is 0.482. The molecule has 1 N–H and O–H groups in total. The van der Waals surface area contributed by atoms with Gasteiger partial charge < -0.3 is 10.1 Å². The third-order valence-electron chi connectivity index (χ3n) is 3.26. The van der Waals surface area contributed by atoms with E-state index in [-0.39, 0.29) is 24.3 Å². The fourth-order valence-corrected chi connectivity index (χ4v) is 1.55. The van der Waals surface area contributed by atoms with Gasteiger partial charge in [-0.2, -0.15) is 0 Å². The Morgan fingerprint density at radius 2 is 1.75 bits per heavy atom. The van der Waals surface area contributed by atoms with E-state index in [4.69, 9.17) is 4.74 Å². The summed E-state index contributed by atoms with van der Waals surface area (Å²) < 4.78 is 5.39. The van der Waals surface area contributed by atoms with Gasteiger partial charge in [-0.15, -0.1) is 0 Å². The minimum atomic E-state index is -0.139. The third kappa shape index (κ3) is 5.03. The molecule has 0 aromatic heterocycles. The van der Waals surface area contributed by atoms with Gasteiger partial charge in [0.2, 0.25) is 0 Å². The molecule has 110 valence electrons. The molecule has 1 rings (SSSR count). The predicted octanol–water partition coefficient (Wildman–Crippen LogP) is 2.82. The first kappa shape index (κ1) is 16.2. The Balaban J connectivity index is 2.46. The van der Waals surface area contributed by atoms with Crippen molar-refractivity contribution >= 4 is 11.7 Å². The summed E-state index contributed by atoms with van der Waals surface area (Å²) in [5.41, 5.74) is 0.665. The number of carbonyl (C=O) groups is 2. The second-order valence-electron chi connectivity index (χ2n) is 5.19. The monoisotopic (exact) mass is 277 g/mol. The number of ketones is 1. The lowest BCUT2D eigenvalue weighted by molar-refractivity contribution is -0.124. The molecule has 0 saturated heterocycles. The minimum Gasteiger partial charge on any atom is -0.484 e. The summed E-state index contributed by atoms with van der Waals surface area (Å²) in [7, 11) is 0. The molecular formula is C16H23NO3. The van der Waals surface area contributed by atoms with E-state index >= 15 is 0 Å². The highest BCUT2D eigenvalue weighted by Crippen LogP contribution is 2.13. The molecule has 0 bridgehead atoms. The van der Waals surface area contributed by atoms with Crippen LogP contribution in [0.2, 0.25) is 0 Å². The van der Waals surface area contributed by atoms with Crippen molar-refractivity contribution in [3.8, 4) is 5.75 Å². The molecule has 0 aliphatic carbocycles. The summed E-state index contributed by atoms with van der Waals surface area (Å²) in [4.78, 5) is 23.1. The molecule has 1 unspecified atom stereocenters. The molecule has 1 aromatic carbocycles. The fraction of sp³-hybridized carbons (Fsp3) is 0.500. The van der Waals surface area contributed by atoms with Gasteiger partial charge in [0, 0.05) is 18.0 Å². The van der Waals surface area contributed by atoms with Gasteiger partial charge in [-0.3, -0.25) is 9.59 Å². The van der Waals surface area contributed by atoms with Gasteiger partial charge in [0.15, 0.2) is 12.4 Å². The van der Waals surface area contributed by atoms with Crippen LogP contribution in [0.3, 0.4) is 0 Å². The highest BCUT2D eigenvalue weighted by Gasteiger charge is 2.11. The van der Waals surface area contributed by atoms with E-state index in [1.165, 1.54) is 0 Å². The standard InChI is InChI=1S/C16H23NO3/c1-5-15(18)13-6-8-14(9-7-13)20-10-16(19)17-12(4)11(2)3/h6-9,11-12H,5,10H2,1-4H3,(H,17,19). The first-order chi connectivity index (χ1) is 9.43. The predicted molar refractivity (Wildman–Crippen MR) is 79.0 cm³/mol. The van der Waals surface area contributed by atoms with E-state index in [0.29, 0.717) is 23.7 Å². The molecule has 1 amide bonds. The van der Waals surface area contributed by atoms with Gasteiger partial charge in [0.25, 0.3) is 5.91 Å². The van der Waals surface area contributed by atoms with E-state index in [1.807, 2.05) is 13.8 Å². The zero-order valence-corrected chi connectivity index (χ0v) is 12.6. The van der Waals surface area contributed by atoms with Crippen LogP contribution in [-0.2, 0) is 4.79 Å². The number of nitrogens with one attached hydrogen (secondary N) is 1. The Hall–Kier alpha value is -1.84. The van der Waals surface area contributed by atoms with E-state index in [1.54, 1.807) is 24.3 Å². The Morgan fingerprint density at radius 3 is 2.25 bits per heavy atom. The highest BCUT2D eigenvalue weighted by atomic mass is 16.5. The maximum absolute atomic E-state index is 11.7. The van der Waals surface area contributed by atoms with Crippen molar-refractivity contribution < 1.29 is 14.3 Å². The van der Waals surface area contributed by atoms with Crippen LogP contribution in [0.4, 0.5) is 0 Å². The van der Waals surface area contributed by atoms with Crippen LogP contribution < -0.4 is 10.1 Å². The minimum absolute atomic E-state index is 0.0157. The molecular weight excluding hydrogens is 254 g/mol. The Labute approximate surface area is 120 Å². The van der Waals surface area contributed by atoms with Gasteiger partial charge >= 0.3 is 0 Å². The number of amides is 1. The Morgan fingerprint density at radius 1 is 1.15 bits per heavy atom. The number of Topliss-reactive ketones (excluding diaryl/α,β-unsaturated/α-hetero) is 1. The number of ether oxygens (including phenoxy) is 1. The average molecular weight is 277 g/mol. The largest absolute Gasteiger partial charge is 0.484 e. The lowest BCUT2D eigenvalue weighted by Gasteiger charge is -2.17. The molecule has 1 atom stereocenters. The summed E-state index contributed by atoms with van der Waals surface area (Å²) in [5, 5.41) is 2.87. The van der Waals surface area contributed by atoms with Crippen LogP contribution in [0.15, 0.2) is 24.3 Å². The lowest BCUT2D eigenvalue weighted by atomic mass is 10.1. The van der Waals surface area contributed by atoms with E-state index < -0.39 is 0 Å². The Bertz CT molecular complexity index is 451.